The van der Waals surface area contributed by atoms with Gasteiger partial charge in [-0.15, -0.1) is 0 Å². The first-order valence-electron chi connectivity index (χ1n) is 13.0. The van der Waals surface area contributed by atoms with Crippen LogP contribution in [-0.2, 0) is 4.74 Å². The highest BCUT2D eigenvalue weighted by molar-refractivity contribution is 5.97. The predicted molar refractivity (Wildman–Crippen MR) is 155 cm³/mol. The molecule has 2 aromatic carbocycles. The van der Waals surface area contributed by atoms with Crippen molar-refractivity contribution < 1.29 is 23.0 Å². The lowest BCUT2D eigenvalue weighted by Gasteiger charge is -2.20. The number of nitrogen functional groups attached to an aromatic ring is 1. The Morgan fingerprint density at radius 1 is 1.00 bits per heavy atom. The smallest absolute Gasteiger partial charge is 0.412 e. The van der Waals surface area contributed by atoms with Crippen molar-refractivity contribution >= 4 is 28.6 Å². The number of hydrogen-bond donors (Lipinski definition) is 2. The van der Waals surface area contributed by atoms with Crippen LogP contribution in [-0.4, -0.2) is 36.2 Å². The summed E-state index contributed by atoms with van der Waals surface area (Å²) in [6, 6.07) is 8.79. The van der Waals surface area contributed by atoms with Crippen molar-refractivity contribution in [2.24, 2.45) is 0 Å². The standard InChI is InChI=1S/C30H29F2N7O3/c1-15-11-18(38-29(40)42-30(4,5)6)12-21(32)23(15)25-17(3)24-26(27(33)36-14-35-24)39(25)19-7-8-22(20(31)13-19)41-28-34-10-9-16(2)37-28/h7-14H,1-6H3,(H,38,40)(H2,33,35,36). The molecule has 0 aliphatic rings. The molecule has 0 saturated carbocycles. The molecule has 3 N–H and O–H groups in total. The van der Waals surface area contributed by atoms with Crippen LogP contribution in [0.3, 0.4) is 0 Å². The fraction of sp³-hybridized carbons (Fsp3) is 0.233. The zero-order valence-electron chi connectivity index (χ0n) is 23.9. The third kappa shape index (κ3) is 5.55. The molecule has 0 spiro atoms. The molecular formula is C30H29F2N7O3. The number of nitrogens with one attached hydrogen (secondary N) is 1. The zero-order chi connectivity index (χ0) is 30.3. The van der Waals surface area contributed by atoms with Crippen molar-refractivity contribution in [2.45, 2.75) is 47.1 Å². The molecular weight excluding hydrogens is 544 g/mol. The Morgan fingerprint density at radius 3 is 2.43 bits per heavy atom. The number of benzene rings is 2. The van der Waals surface area contributed by atoms with Gasteiger partial charge in [0, 0.05) is 40.5 Å². The van der Waals surface area contributed by atoms with E-state index in [-0.39, 0.29) is 28.8 Å². The molecule has 5 aromatic rings. The first kappa shape index (κ1) is 28.4. The van der Waals surface area contributed by atoms with Crippen LogP contribution in [0.1, 0.15) is 37.6 Å². The minimum atomic E-state index is -0.723. The van der Waals surface area contributed by atoms with Crippen LogP contribution in [0.2, 0.25) is 0 Å². The van der Waals surface area contributed by atoms with E-state index in [0.29, 0.717) is 39.2 Å². The second-order valence-electron chi connectivity index (χ2n) is 10.7. The SMILES string of the molecule is Cc1ccnc(Oc2ccc(-n3c(-c4c(C)cc(NC(=O)OC(C)(C)C)cc4F)c(C)c4ncnc(N)c43)cc2F)n1. The van der Waals surface area contributed by atoms with Gasteiger partial charge in [0.05, 0.1) is 11.2 Å². The predicted octanol–water partition coefficient (Wildman–Crippen LogP) is 6.80. The van der Waals surface area contributed by atoms with Gasteiger partial charge in [-0.05, 0) is 77.4 Å². The number of amides is 1. The number of fused-ring (bicyclic) bond motifs is 1. The van der Waals surface area contributed by atoms with E-state index in [1.807, 2.05) is 0 Å². The van der Waals surface area contributed by atoms with Crippen LogP contribution >= 0.6 is 0 Å². The van der Waals surface area contributed by atoms with Crippen molar-refractivity contribution in [1.29, 1.82) is 0 Å². The lowest BCUT2D eigenvalue weighted by molar-refractivity contribution is 0.0636. The van der Waals surface area contributed by atoms with E-state index < -0.39 is 23.3 Å². The maximum Gasteiger partial charge on any atom is 0.412 e. The molecule has 5 rings (SSSR count). The van der Waals surface area contributed by atoms with E-state index in [1.54, 1.807) is 64.3 Å². The van der Waals surface area contributed by atoms with Crippen molar-refractivity contribution in [1.82, 2.24) is 24.5 Å². The Morgan fingerprint density at radius 2 is 1.76 bits per heavy atom. The zero-order valence-corrected chi connectivity index (χ0v) is 23.9. The minimum Gasteiger partial charge on any atom is -0.444 e. The number of carbonyl (C=O) groups is 1. The molecule has 0 atom stereocenters. The lowest BCUT2D eigenvalue weighted by Crippen LogP contribution is -2.27. The minimum absolute atomic E-state index is 0.0000173. The van der Waals surface area contributed by atoms with Gasteiger partial charge in [0.25, 0.3) is 0 Å². The topological polar surface area (TPSA) is 130 Å². The Labute approximate surface area is 240 Å². The maximum absolute atomic E-state index is 15.9. The second-order valence-corrected chi connectivity index (χ2v) is 10.7. The number of halogens is 2. The van der Waals surface area contributed by atoms with Crippen LogP contribution in [0.25, 0.3) is 28.0 Å². The number of anilines is 2. The number of aryl methyl sites for hydroxylation is 3. The van der Waals surface area contributed by atoms with Crippen molar-refractivity contribution in [2.75, 3.05) is 11.1 Å². The number of rotatable bonds is 5. The van der Waals surface area contributed by atoms with Crippen LogP contribution < -0.4 is 15.8 Å². The molecule has 42 heavy (non-hydrogen) atoms. The molecule has 0 saturated heterocycles. The number of ether oxygens (including phenoxy) is 2. The van der Waals surface area contributed by atoms with E-state index >= 15 is 8.78 Å². The first-order valence-corrected chi connectivity index (χ1v) is 13.0. The molecule has 10 nitrogen and oxygen atoms in total. The van der Waals surface area contributed by atoms with Crippen molar-refractivity contribution in [3.63, 3.8) is 0 Å². The fourth-order valence-corrected chi connectivity index (χ4v) is 4.66. The average Bonchev–Trinajstić information content (AvgIpc) is 3.17. The summed E-state index contributed by atoms with van der Waals surface area (Å²) in [7, 11) is 0. The van der Waals surface area contributed by atoms with E-state index in [9.17, 15) is 4.79 Å². The highest BCUT2D eigenvalue weighted by atomic mass is 19.1. The molecule has 12 heteroatoms. The number of nitrogens with two attached hydrogens (primary N) is 1. The molecule has 3 heterocycles. The number of aromatic nitrogens is 5. The third-order valence-corrected chi connectivity index (χ3v) is 6.33. The largest absolute Gasteiger partial charge is 0.444 e. The van der Waals surface area contributed by atoms with Gasteiger partial charge in [0.2, 0.25) is 0 Å². The van der Waals surface area contributed by atoms with Crippen LogP contribution in [0.4, 0.5) is 25.1 Å². The van der Waals surface area contributed by atoms with Gasteiger partial charge >= 0.3 is 12.1 Å². The van der Waals surface area contributed by atoms with E-state index in [4.69, 9.17) is 15.2 Å². The first-order chi connectivity index (χ1) is 19.8. The number of carbonyl (C=O) groups excluding carboxylic acids is 1. The van der Waals surface area contributed by atoms with Gasteiger partial charge in [-0.25, -0.2) is 33.5 Å². The van der Waals surface area contributed by atoms with Gasteiger partial charge in [-0.3, -0.25) is 5.32 Å². The molecule has 0 unspecified atom stereocenters. The lowest BCUT2D eigenvalue weighted by atomic mass is 10.0. The Balaban J connectivity index is 1.63. The summed E-state index contributed by atoms with van der Waals surface area (Å²) < 4.78 is 43.8. The summed E-state index contributed by atoms with van der Waals surface area (Å²) in [4.78, 5) is 29.0. The third-order valence-electron chi connectivity index (χ3n) is 6.33. The van der Waals surface area contributed by atoms with E-state index in [1.165, 1.54) is 30.7 Å². The summed E-state index contributed by atoms with van der Waals surface area (Å²) in [6.45, 7) is 10.4. The van der Waals surface area contributed by atoms with Gasteiger partial charge < -0.3 is 19.8 Å². The summed E-state index contributed by atoms with van der Waals surface area (Å²) in [5.74, 6) is -1.29. The van der Waals surface area contributed by atoms with Crippen LogP contribution in [0.5, 0.6) is 11.8 Å². The molecule has 0 bridgehead atoms. The normalized spacial score (nSPS) is 11.5. The van der Waals surface area contributed by atoms with Crippen molar-refractivity contribution in [3.8, 4) is 28.7 Å². The molecule has 3 aromatic heterocycles. The Bertz CT molecular complexity index is 1820. The van der Waals surface area contributed by atoms with Crippen LogP contribution in [0, 0.1) is 32.4 Å². The molecule has 216 valence electrons. The second kappa shape index (κ2) is 10.7. The van der Waals surface area contributed by atoms with Gasteiger partial charge in [0.15, 0.2) is 17.4 Å². The Hall–Kier alpha value is -5.13. The molecule has 1 amide bonds. The maximum atomic E-state index is 15.9. The summed E-state index contributed by atoms with van der Waals surface area (Å²) >= 11 is 0. The number of hydrogen-bond acceptors (Lipinski definition) is 8. The highest BCUT2D eigenvalue weighted by Crippen LogP contribution is 2.40. The average molecular weight is 574 g/mol. The fourth-order valence-electron chi connectivity index (χ4n) is 4.66. The van der Waals surface area contributed by atoms with E-state index in [2.05, 4.69) is 25.3 Å². The quantitative estimate of drug-likeness (QED) is 0.235. The van der Waals surface area contributed by atoms with Gasteiger partial charge in [-0.1, -0.05) is 0 Å². The Kier molecular flexibility index (Phi) is 7.23. The number of nitrogens with zero attached hydrogens (tertiary/aromatic N) is 5. The summed E-state index contributed by atoms with van der Waals surface area (Å²) in [5, 5.41) is 2.57. The molecule has 0 radical (unpaired) electrons. The molecule has 0 aliphatic heterocycles. The summed E-state index contributed by atoms with van der Waals surface area (Å²) in [6.07, 6.45) is 2.12. The van der Waals surface area contributed by atoms with E-state index in [0.717, 1.165) is 0 Å². The summed E-state index contributed by atoms with van der Waals surface area (Å²) in [5.41, 5.74) is 9.33. The van der Waals surface area contributed by atoms with Crippen molar-refractivity contribution in [3.05, 3.63) is 77.4 Å². The highest BCUT2D eigenvalue weighted by Gasteiger charge is 2.26. The van der Waals surface area contributed by atoms with Gasteiger partial charge in [0.1, 0.15) is 23.3 Å². The molecule has 0 fully saturated rings. The monoisotopic (exact) mass is 573 g/mol. The molecule has 0 aliphatic carbocycles. The van der Waals surface area contributed by atoms with Gasteiger partial charge in [-0.2, -0.15) is 0 Å². The van der Waals surface area contributed by atoms with Crippen LogP contribution in [0.15, 0.2) is 48.9 Å².